The molecule has 4 rings (SSSR count). The number of likely N-dealkylation sites (tertiary alicyclic amines) is 1. The molecule has 1 amide bonds. The summed E-state index contributed by atoms with van der Waals surface area (Å²) >= 11 is 0. The average molecular weight is 456 g/mol. The van der Waals surface area contributed by atoms with Crippen molar-refractivity contribution in [1.29, 1.82) is 0 Å². The van der Waals surface area contributed by atoms with Gasteiger partial charge in [0.15, 0.2) is 0 Å². The molecule has 2 aliphatic heterocycles. The van der Waals surface area contributed by atoms with Crippen LogP contribution in [0.3, 0.4) is 0 Å². The molecule has 2 aliphatic rings. The Kier molecular flexibility index (Phi) is 7.10. The highest BCUT2D eigenvalue weighted by Gasteiger charge is 2.45. The highest BCUT2D eigenvalue weighted by atomic mass is 16.5. The third kappa shape index (κ3) is 5.25. The summed E-state index contributed by atoms with van der Waals surface area (Å²) in [5.41, 5.74) is 2.51. The van der Waals surface area contributed by atoms with Gasteiger partial charge in [-0.3, -0.25) is 9.48 Å². The number of amides is 1. The van der Waals surface area contributed by atoms with Crippen LogP contribution in [0.15, 0.2) is 30.5 Å². The number of hydrogen-bond donors (Lipinski definition) is 0. The van der Waals surface area contributed by atoms with Gasteiger partial charge in [0, 0.05) is 51.3 Å². The lowest BCUT2D eigenvalue weighted by atomic mass is 9.81. The molecule has 0 unspecified atom stereocenters. The largest absolute Gasteiger partial charge is 0.491 e. The number of nitrogens with zero attached hydrogens (tertiary/aromatic N) is 3. The predicted octanol–water partition coefficient (Wildman–Crippen LogP) is 4.45. The van der Waals surface area contributed by atoms with E-state index in [1.165, 1.54) is 0 Å². The molecule has 180 valence electrons. The van der Waals surface area contributed by atoms with E-state index in [2.05, 4.69) is 5.10 Å². The molecule has 2 atom stereocenters. The fraction of sp³-hybridized carbons (Fsp3) is 0.615. The second-order valence-corrected chi connectivity index (χ2v) is 9.63. The first kappa shape index (κ1) is 23.8. The predicted molar refractivity (Wildman–Crippen MR) is 126 cm³/mol. The molecule has 0 bridgehead atoms. The Hall–Kier alpha value is -2.38. The van der Waals surface area contributed by atoms with Crippen molar-refractivity contribution in [3.63, 3.8) is 0 Å². The Bertz CT molecular complexity index is 962. The number of rotatable bonds is 6. The molecule has 3 heterocycles. The van der Waals surface area contributed by atoms with E-state index in [0.29, 0.717) is 25.3 Å². The molecule has 7 heteroatoms. The van der Waals surface area contributed by atoms with Crippen LogP contribution < -0.4 is 4.74 Å². The lowest BCUT2D eigenvalue weighted by Gasteiger charge is -2.48. The Morgan fingerprint density at radius 3 is 2.64 bits per heavy atom. The van der Waals surface area contributed by atoms with E-state index in [1.54, 1.807) is 0 Å². The lowest BCUT2D eigenvalue weighted by molar-refractivity contribution is -0.192. The number of hydrogen-bond acceptors (Lipinski definition) is 5. The maximum Gasteiger partial charge on any atom is 0.253 e. The van der Waals surface area contributed by atoms with Crippen LogP contribution in [0.5, 0.6) is 5.75 Å². The summed E-state index contributed by atoms with van der Waals surface area (Å²) in [6.07, 6.45) is 5.36. The summed E-state index contributed by atoms with van der Waals surface area (Å²) in [6.45, 7) is 10.1. The Balaban J connectivity index is 1.44. The first-order valence-corrected chi connectivity index (χ1v) is 12.1. The minimum Gasteiger partial charge on any atom is -0.491 e. The van der Waals surface area contributed by atoms with Gasteiger partial charge in [-0.15, -0.1) is 0 Å². The van der Waals surface area contributed by atoms with Crippen molar-refractivity contribution in [2.24, 2.45) is 7.05 Å². The third-order valence-electron chi connectivity index (χ3n) is 6.81. The van der Waals surface area contributed by atoms with Crippen molar-refractivity contribution in [3.8, 4) is 5.75 Å². The molecule has 33 heavy (non-hydrogen) atoms. The second-order valence-electron chi connectivity index (χ2n) is 9.63. The van der Waals surface area contributed by atoms with E-state index >= 15 is 0 Å². The van der Waals surface area contributed by atoms with E-state index in [0.717, 1.165) is 42.7 Å². The fourth-order valence-electron chi connectivity index (χ4n) is 5.17. The zero-order chi connectivity index (χ0) is 23.6. The molecule has 0 radical (unpaired) electrons. The van der Waals surface area contributed by atoms with Crippen LogP contribution in [0.25, 0.3) is 0 Å². The highest BCUT2D eigenvalue weighted by Crippen LogP contribution is 2.44. The zero-order valence-corrected chi connectivity index (χ0v) is 20.5. The summed E-state index contributed by atoms with van der Waals surface area (Å²) in [5, 5.41) is 4.33. The lowest BCUT2D eigenvalue weighted by Crippen LogP contribution is -2.52. The first-order chi connectivity index (χ1) is 15.8. The van der Waals surface area contributed by atoms with Gasteiger partial charge in [0.25, 0.3) is 5.91 Å². The monoisotopic (exact) mass is 455 g/mol. The SMILES string of the molecule is CCO[C@@H]1C[C@H](c2ccnn2C)OC2(CCN(C(=O)c3ccc(OC(C)C)c(C)c3)CC2)C1. The first-order valence-electron chi connectivity index (χ1n) is 12.1. The topological polar surface area (TPSA) is 65.8 Å². The van der Waals surface area contributed by atoms with E-state index in [9.17, 15) is 4.79 Å². The number of ether oxygens (including phenoxy) is 3. The zero-order valence-electron chi connectivity index (χ0n) is 20.5. The summed E-state index contributed by atoms with van der Waals surface area (Å²) in [6, 6.07) is 7.74. The Morgan fingerprint density at radius 1 is 1.27 bits per heavy atom. The molecule has 0 aliphatic carbocycles. The molecule has 2 saturated heterocycles. The number of benzene rings is 1. The highest BCUT2D eigenvalue weighted by molar-refractivity contribution is 5.94. The van der Waals surface area contributed by atoms with Gasteiger partial charge >= 0.3 is 0 Å². The molecule has 2 fully saturated rings. The van der Waals surface area contributed by atoms with Gasteiger partial charge in [-0.2, -0.15) is 5.10 Å². The van der Waals surface area contributed by atoms with Gasteiger partial charge in [-0.05, 0) is 70.4 Å². The number of carbonyl (C=O) groups excluding carboxylic acids is 1. The molecule has 1 spiro atoms. The van der Waals surface area contributed by atoms with Crippen LogP contribution in [0.1, 0.15) is 74.2 Å². The summed E-state index contributed by atoms with van der Waals surface area (Å²) in [4.78, 5) is 15.2. The standard InChI is InChI=1S/C26H37N3O4/c1-6-31-21-16-24(22-9-12-27-28(22)5)33-26(17-21)10-13-29(14-11-26)25(30)20-7-8-23(19(4)15-20)32-18(2)3/h7-9,12,15,18,21,24H,6,10-11,13-14,16-17H2,1-5H3/t21-,24-/m1/s1. The molecule has 2 aromatic rings. The Labute approximate surface area is 197 Å². The fourth-order valence-corrected chi connectivity index (χ4v) is 5.17. The van der Waals surface area contributed by atoms with E-state index in [4.69, 9.17) is 14.2 Å². The molecule has 1 aromatic carbocycles. The van der Waals surface area contributed by atoms with Gasteiger partial charge < -0.3 is 19.1 Å². The van der Waals surface area contributed by atoms with Gasteiger partial charge in [-0.1, -0.05) is 0 Å². The van der Waals surface area contributed by atoms with E-state index in [-0.39, 0.29) is 29.8 Å². The van der Waals surface area contributed by atoms with Crippen LogP contribution in [-0.2, 0) is 16.5 Å². The van der Waals surface area contributed by atoms with Crippen LogP contribution in [0.2, 0.25) is 0 Å². The quantitative estimate of drug-likeness (QED) is 0.644. The molecule has 7 nitrogen and oxygen atoms in total. The summed E-state index contributed by atoms with van der Waals surface area (Å²) < 4.78 is 20.5. The maximum absolute atomic E-state index is 13.2. The van der Waals surface area contributed by atoms with Crippen LogP contribution in [0, 0.1) is 6.92 Å². The molecule has 1 aromatic heterocycles. The van der Waals surface area contributed by atoms with Crippen molar-refractivity contribution in [3.05, 3.63) is 47.3 Å². The third-order valence-corrected chi connectivity index (χ3v) is 6.81. The van der Waals surface area contributed by atoms with Gasteiger partial charge in [-0.25, -0.2) is 0 Å². The second kappa shape index (κ2) is 9.85. The van der Waals surface area contributed by atoms with Gasteiger partial charge in [0.1, 0.15) is 11.9 Å². The minimum absolute atomic E-state index is 0.0406. The van der Waals surface area contributed by atoms with E-state index in [1.807, 2.05) is 74.8 Å². The van der Waals surface area contributed by atoms with Crippen LogP contribution in [-0.4, -0.2) is 58.1 Å². The number of aromatic nitrogens is 2. The van der Waals surface area contributed by atoms with Gasteiger partial charge in [0.05, 0.1) is 23.5 Å². The number of aryl methyl sites for hydroxylation is 2. The summed E-state index contributed by atoms with van der Waals surface area (Å²) in [7, 11) is 1.95. The van der Waals surface area contributed by atoms with Gasteiger partial charge in [0.2, 0.25) is 0 Å². The molecule has 0 saturated carbocycles. The average Bonchev–Trinajstić information content (AvgIpc) is 3.21. The van der Waals surface area contributed by atoms with E-state index < -0.39 is 0 Å². The van der Waals surface area contributed by atoms with Crippen molar-refractivity contribution in [1.82, 2.24) is 14.7 Å². The maximum atomic E-state index is 13.2. The van der Waals surface area contributed by atoms with Crippen molar-refractivity contribution >= 4 is 5.91 Å². The van der Waals surface area contributed by atoms with Crippen molar-refractivity contribution in [2.45, 2.75) is 77.3 Å². The molecule has 0 N–H and O–H groups in total. The van der Waals surface area contributed by atoms with Crippen LogP contribution in [0.4, 0.5) is 0 Å². The number of carbonyl (C=O) groups is 1. The molecular weight excluding hydrogens is 418 g/mol. The minimum atomic E-state index is -0.269. The number of piperidine rings is 1. The van der Waals surface area contributed by atoms with Crippen molar-refractivity contribution in [2.75, 3.05) is 19.7 Å². The molecular formula is C26H37N3O4. The Morgan fingerprint density at radius 2 is 2.03 bits per heavy atom. The van der Waals surface area contributed by atoms with Crippen molar-refractivity contribution < 1.29 is 19.0 Å². The summed E-state index contributed by atoms with van der Waals surface area (Å²) in [5.74, 6) is 0.905. The smallest absolute Gasteiger partial charge is 0.253 e. The van der Waals surface area contributed by atoms with Crippen LogP contribution >= 0.6 is 0 Å². The normalized spacial score (nSPS) is 22.7.